The molecule has 0 unspecified atom stereocenters. The Balaban J connectivity index is 3.01. The average Bonchev–Trinajstić information content (AvgIpc) is 2.52. The number of carbonyl (C=O) groups excluding carboxylic acids is 4. The van der Waals surface area contributed by atoms with Crippen LogP contribution in [0.25, 0.3) is 0 Å². The maximum absolute atomic E-state index is 11.9. The SMILES string of the molecule is COC(=O)N=C(OC)N1C(=O)N(C(=NC(=O)OC)OC)C1=O. The first-order chi connectivity index (χ1) is 10.4. The number of ether oxygens (including phenoxy) is 4. The lowest BCUT2D eigenvalue weighted by Gasteiger charge is -2.36. The molecular weight excluding hydrogens is 304 g/mol. The van der Waals surface area contributed by atoms with Gasteiger partial charge in [0, 0.05) is 0 Å². The highest BCUT2D eigenvalue weighted by atomic mass is 16.6. The molecule has 0 atom stereocenters. The van der Waals surface area contributed by atoms with E-state index < -0.39 is 36.3 Å². The molecule has 0 aromatic rings. The molecule has 1 heterocycles. The van der Waals surface area contributed by atoms with Crippen molar-refractivity contribution >= 4 is 36.3 Å². The van der Waals surface area contributed by atoms with Gasteiger partial charge in [-0.05, 0) is 0 Å². The summed E-state index contributed by atoms with van der Waals surface area (Å²) in [7, 11) is 4.28. The zero-order valence-electron chi connectivity index (χ0n) is 12.1. The topological polar surface area (TPSA) is 136 Å². The van der Waals surface area contributed by atoms with Gasteiger partial charge in [-0.15, -0.1) is 9.98 Å². The van der Waals surface area contributed by atoms with E-state index in [0.29, 0.717) is 9.80 Å². The summed E-state index contributed by atoms with van der Waals surface area (Å²) in [6.45, 7) is 0. The van der Waals surface area contributed by atoms with E-state index in [9.17, 15) is 19.2 Å². The minimum absolute atomic E-state index is 0.419. The van der Waals surface area contributed by atoms with Gasteiger partial charge in [-0.2, -0.15) is 9.80 Å². The summed E-state index contributed by atoms with van der Waals surface area (Å²) in [4.78, 5) is 53.2. The Bertz CT molecular complexity index is 507. The Morgan fingerprint density at radius 1 is 0.727 bits per heavy atom. The number of imide groups is 2. The summed E-state index contributed by atoms with van der Waals surface area (Å²) < 4.78 is 17.8. The van der Waals surface area contributed by atoms with Crippen molar-refractivity contribution in [2.45, 2.75) is 0 Å². The summed E-state index contributed by atoms with van der Waals surface area (Å²) in [5, 5.41) is 0. The minimum atomic E-state index is -1.08. The van der Waals surface area contributed by atoms with Crippen LogP contribution in [0.2, 0.25) is 0 Å². The van der Waals surface area contributed by atoms with Crippen molar-refractivity contribution in [1.29, 1.82) is 0 Å². The van der Waals surface area contributed by atoms with Crippen molar-refractivity contribution < 1.29 is 38.1 Å². The molecule has 0 aliphatic carbocycles. The van der Waals surface area contributed by atoms with Crippen molar-refractivity contribution in [3.8, 4) is 0 Å². The van der Waals surface area contributed by atoms with Crippen molar-refractivity contribution in [3.63, 3.8) is 0 Å². The number of carbonyl (C=O) groups is 4. The van der Waals surface area contributed by atoms with Crippen LogP contribution in [0.4, 0.5) is 19.2 Å². The van der Waals surface area contributed by atoms with Gasteiger partial charge in [-0.25, -0.2) is 19.2 Å². The molecule has 12 heteroatoms. The number of urea groups is 2. The van der Waals surface area contributed by atoms with Gasteiger partial charge in [0.1, 0.15) is 0 Å². The number of methoxy groups -OCH3 is 4. The zero-order chi connectivity index (χ0) is 16.9. The van der Waals surface area contributed by atoms with Crippen LogP contribution >= 0.6 is 0 Å². The fourth-order valence-corrected chi connectivity index (χ4v) is 1.27. The Hall–Kier alpha value is -3.18. The first-order valence-corrected chi connectivity index (χ1v) is 5.50. The molecular formula is C10H12N4O8. The van der Waals surface area contributed by atoms with Crippen molar-refractivity contribution in [2.24, 2.45) is 9.98 Å². The highest BCUT2D eigenvalue weighted by Gasteiger charge is 2.52. The molecule has 1 rings (SSSR count). The molecule has 0 aromatic carbocycles. The van der Waals surface area contributed by atoms with E-state index >= 15 is 0 Å². The summed E-state index contributed by atoms with van der Waals surface area (Å²) in [5.41, 5.74) is 0. The highest BCUT2D eigenvalue weighted by Crippen LogP contribution is 2.19. The fraction of sp³-hybridized carbons (Fsp3) is 0.400. The van der Waals surface area contributed by atoms with E-state index in [-0.39, 0.29) is 0 Å². The number of hydrogen-bond donors (Lipinski definition) is 0. The standard InChI is InChI=1S/C10H12N4O8/c1-19-5(11-7(15)21-3)13-9(17)14(10(13)18)6(20-2)12-8(16)22-4/h1-4H3. The van der Waals surface area contributed by atoms with Gasteiger partial charge in [0.15, 0.2) is 0 Å². The summed E-state index contributed by atoms with van der Waals surface area (Å²) >= 11 is 0. The number of nitrogens with zero attached hydrogens (tertiary/aromatic N) is 4. The molecule has 0 saturated carbocycles. The Kier molecular flexibility index (Phi) is 5.38. The minimum Gasteiger partial charge on any atom is -0.467 e. The van der Waals surface area contributed by atoms with Crippen LogP contribution in [0.5, 0.6) is 0 Å². The van der Waals surface area contributed by atoms with Crippen molar-refractivity contribution in [2.75, 3.05) is 28.4 Å². The maximum Gasteiger partial charge on any atom is 0.437 e. The van der Waals surface area contributed by atoms with Gasteiger partial charge in [-0.1, -0.05) is 0 Å². The van der Waals surface area contributed by atoms with Crippen molar-refractivity contribution in [3.05, 3.63) is 0 Å². The van der Waals surface area contributed by atoms with Gasteiger partial charge in [0.25, 0.3) is 0 Å². The van der Waals surface area contributed by atoms with Crippen LogP contribution in [-0.4, -0.2) is 74.5 Å². The summed E-state index contributed by atoms with van der Waals surface area (Å²) in [6, 6.07) is -3.21. The predicted molar refractivity (Wildman–Crippen MR) is 68.2 cm³/mol. The number of aliphatic imine (C=N–C) groups is 2. The second-order valence-corrected chi connectivity index (χ2v) is 3.37. The molecule has 1 fully saturated rings. The Labute approximate surface area is 123 Å². The van der Waals surface area contributed by atoms with Gasteiger partial charge >= 0.3 is 36.3 Å². The number of rotatable bonds is 0. The van der Waals surface area contributed by atoms with E-state index in [0.717, 1.165) is 28.4 Å². The third-order valence-corrected chi connectivity index (χ3v) is 2.24. The molecule has 0 N–H and O–H groups in total. The molecule has 1 saturated heterocycles. The lowest BCUT2D eigenvalue weighted by Crippen LogP contribution is -2.68. The molecule has 12 nitrogen and oxygen atoms in total. The number of amidine groups is 2. The maximum atomic E-state index is 11.9. The third kappa shape index (κ3) is 3.11. The van der Waals surface area contributed by atoms with Gasteiger partial charge in [0.2, 0.25) is 0 Å². The van der Waals surface area contributed by atoms with Crippen molar-refractivity contribution in [1.82, 2.24) is 9.80 Å². The molecule has 6 amide bonds. The van der Waals surface area contributed by atoms with Crippen LogP contribution in [0.3, 0.4) is 0 Å². The lowest BCUT2D eigenvalue weighted by molar-refractivity contribution is 0.132. The van der Waals surface area contributed by atoms with Crippen LogP contribution in [0, 0.1) is 0 Å². The molecule has 0 radical (unpaired) electrons. The molecule has 120 valence electrons. The molecule has 22 heavy (non-hydrogen) atoms. The molecule has 1 aliphatic rings. The van der Waals surface area contributed by atoms with E-state index in [2.05, 4.69) is 28.9 Å². The third-order valence-electron chi connectivity index (χ3n) is 2.24. The quantitative estimate of drug-likeness (QED) is 0.462. The molecule has 0 aromatic heterocycles. The smallest absolute Gasteiger partial charge is 0.437 e. The fourth-order valence-electron chi connectivity index (χ4n) is 1.27. The normalized spacial score (nSPS) is 15.3. The molecule has 0 bridgehead atoms. The first kappa shape index (κ1) is 16.9. The van der Waals surface area contributed by atoms with Crippen LogP contribution in [-0.2, 0) is 18.9 Å². The van der Waals surface area contributed by atoms with Crippen LogP contribution < -0.4 is 0 Å². The Morgan fingerprint density at radius 3 is 1.27 bits per heavy atom. The van der Waals surface area contributed by atoms with E-state index in [1.807, 2.05) is 0 Å². The average molecular weight is 316 g/mol. The monoisotopic (exact) mass is 316 g/mol. The van der Waals surface area contributed by atoms with E-state index in [4.69, 9.17) is 0 Å². The van der Waals surface area contributed by atoms with Crippen LogP contribution in [0.1, 0.15) is 0 Å². The molecule has 1 aliphatic heterocycles. The predicted octanol–water partition coefficient (Wildman–Crippen LogP) is 0.382. The number of hydrogen-bond acceptors (Lipinski definition) is 8. The van der Waals surface area contributed by atoms with E-state index in [1.54, 1.807) is 0 Å². The van der Waals surface area contributed by atoms with Gasteiger partial charge < -0.3 is 18.9 Å². The first-order valence-electron chi connectivity index (χ1n) is 5.50. The zero-order valence-corrected chi connectivity index (χ0v) is 12.1. The second-order valence-electron chi connectivity index (χ2n) is 3.37. The second kappa shape index (κ2) is 7.01. The van der Waals surface area contributed by atoms with Gasteiger partial charge in [0.05, 0.1) is 28.4 Å². The Morgan fingerprint density at radius 2 is 1.05 bits per heavy atom. The van der Waals surface area contributed by atoms with E-state index in [1.165, 1.54) is 0 Å². The summed E-state index contributed by atoms with van der Waals surface area (Å²) in [5.74, 6) is 0. The summed E-state index contributed by atoms with van der Waals surface area (Å²) in [6.07, 6.45) is -2.16. The number of amides is 6. The largest absolute Gasteiger partial charge is 0.467 e. The van der Waals surface area contributed by atoms with Gasteiger partial charge in [-0.3, -0.25) is 0 Å². The molecule has 0 spiro atoms. The highest BCUT2D eigenvalue weighted by molar-refractivity contribution is 6.29. The van der Waals surface area contributed by atoms with Crippen LogP contribution in [0.15, 0.2) is 9.98 Å². The lowest BCUT2D eigenvalue weighted by atomic mass is 10.4.